The Morgan fingerprint density at radius 1 is 1.50 bits per heavy atom. The van der Waals surface area contributed by atoms with E-state index < -0.39 is 0 Å². The van der Waals surface area contributed by atoms with Crippen LogP contribution in [0.25, 0.3) is 0 Å². The van der Waals surface area contributed by atoms with Crippen LogP contribution in [0.5, 0.6) is 0 Å². The Hall–Kier alpha value is -1.07. The van der Waals surface area contributed by atoms with Crippen molar-refractivity contribution in [1.29, 1.82) is 0 Å². The molecule has 112 valence electrons. The van der Waals surface area contributed by atoms with Crippen LogP contribution in [-0.2, 0) is 0 Å². The van der Waals surface area contributed by atoms with Crippen molar-refractivity contribution in [3.8, 4) is 0 Å². The number of rotatable bonds is 5. The third-order valence-corrected chi connectivity index (χ3v) is 5.17. The fourth-order valence-electron chi connectivity index (χ4n) is 2.71. The van der Waals surface area contributed by atoms with E-state index in [0.717, 1.165) is 12.8 Å². The van der Waals surface area contributed by atoms with E-state index in [1.54, 1.807) is 11.3 Å². The van der Waals surface area contributed by atoms with Gasteiger partial charge >= 0.3 is 6.03 Å². The molecular weight excluding hydrogens is 270 g/mol. The zero-order valence-corrected chi connectivity index (χ0v) is 13.4. The molecule has 0 saturated heterocycles. The SMILES string of the molecule is CC(CNC(=O)NC1CCC(N(C)C)C1)c1cccs1. The van der Waals surface area contributed by atoms with Gasteiger partial charge in [0.1, 0.15) is 0 Å². The topological polar surface area (TPSA) is 44.4 Å². The van der Waals surface area contributed by atoms with Crippen molar-refractivity contribution < 1.29 is 4.79 Å². The maximum Gasteiger partial charge on any atom is 0.315 e. The Kier molecular flexibility index (Phi) is 5.43. The van der Waals surface area contributed by atoms with Gasteiger partial charge in [-0.25, -0.2) is 4.79 Å². The van der Waals surface area contributed by atoms with Gasteiger partial charge in [-0.15, -0.1) is 11.3 Å². The molecule has 1 saturated carbocycles. The van der Waals surface area contributed by atoms with E-state index in [1.165, 1.54) is 11.3 Å². The van der Waals surface area contributed by atoms with Gasteiger partial charge in [-0.05, 0) is 44.8 Å². The van der Waals surface area contributed by atoms with Crippen LogP contribution in [0, 0.1) is 0 Å². The lowest BCUT2D eigenvalue weighted by molar-refractivity contribution is 0.235. The highest BCUT2D eigenvalue weighted by Gasteiger charge is 2.27. The maximum atomic E-state index is 11.9. The molecule has 1 aromatic heterocycles. The number of hydrogen-bond acceptors (Lipinski definition) is 3. The van der Waals surface area contributed by atoms with E-state index in [1.807, 2.05) is 0 Å². The molecule has 20 heavy (non-hydrogen) atoms. The molecule has 0 radical (unpaired) electrons. The fraction of sp³-hybridized carbons (Fsp3) is 0.667. The molecule has 0 bridgehead atoms. The minimum atomic E-state index is -0.0298. The van der Waals surface area contributed by atoms with Crippen molar-refractivity contribution in [1.82, 2.24) is 15.5 Å². The van der Waals surface area contributed by atoms with Gasteiger partial charge in [-0.1, -0.05) is 13.0 Å². The molecule has 2 amide bonds. The van der Waals surface area contributed by atoms with Crippen LogP contribution < -0.4 is 10.6 Å². The molecule has 0 aromatic carbocycles. The second kappa shape index (κ2) is 7.09. The third-order valence-electron chi connectivity index (χ3n) is 4.07. The maximum absolute atomic E-state index is 11.9. The minimum absolute atomic E-state index is 0.0298. The molecule has 1 aliphatic carbocycles. The number of thiophene rings is 1. The summed E-state index contributed by atoms with van der Waals surface area (Å²) < 4.78 is 0. The smallest absolute Gasteiger partial charge is 0.315 e. The number of amides is 2. The summed E-state index contributed by atoms with van der Waals surface area (Å²) in [4.78, 5) is 15.5. The number of hydrogen-bond donors (Lipinski definition) is 2. The Balaban J connectivity index is 1.68. The monoisotopic (exact) mass is 295 g/mol. The van der Waals surface area contributed by atoms with E-state index in [4.69, 9.17) is 0 Å². The Bertz CT molecular complexity index is 419. The second-order valence-corrected chi connectivity index (χ2v) is 6.88. The molecule has 5 heteroatoms. The predicted octanol–water partition coefficient (Wildman–Crippen LogP) is 2.63. The standard InChI is InChI=1S/C15H25N3OS/c1-11(14-5-4-8-20-14)10-16-15(19)17-12-6-7-13(9-12)18(2)3/h4-5,8,11-13H,6-7,9-10H2,1-3H3,(H2,16,17,19). The summed E-state index contributed by atoms with van der Waals surface area (Å²) in [6.45, 7) is 2.83. The molecule has 0 aliphatic heterocycles. The molecule has 4 nitrogen and oxygen atoms in total. The van der Waals surface area contributed by atoms with Gasteiger partial charge < -0.3 is 15.5 Å². The first-order valence-corrected chi connectivity index (χ1v) is 8.18. The van der Waals surface area contributed by atoms with Crippen LogP contribution in [0.1, 0.15) is 37.0 Å². The zero-order chi connectivity index (χ0) is 14.5. The minimum Gasteiger partial charge on any atom is -0.338 e. The number of nitrogens with one attached hydrogen (secondary N) is 2. The normalized spacial score (nSPS) is 23.8. The number of nitrogens with zero attached hydrogens (tertiary/aromatic N) is 1. The van der Waals surface area contributed by atoms with Gasteiger partial charge in [0.05, 0.1) is 0 Å². The van der Waals surface area contributed by atoms with Crippen LogP contribution in [0.15, 0.2) is 17.5 Å². The molecule has 0 spiro atoms. The summed E-state index contributed by atoms with van der Waals surface area (Å²) in [5.74, 6) is 0.374. The van der Waals surface area contributed by atoms with E-state index in [2.05, 4.69) is 54.1 Å². The van der Waals surface area contributed by atoms with Crippen LogP contribution in [0.3, 0.4) is 0 Å². The highest BCUT2D eigenvalue weighted by molar-refractivity contribution is 7.10. The van der Waals surface area contributed by atoms with Gasteiger partial charge in [-0.2, -0.15) is 0 Å². The quantitative estimate of drug-likeness (QED) is 0.877. The molecule has 1 aromatic rings. The number of carbonyl (C=O) groups excluding carboxylic acids is 1. The summed E-state index contributed by atoms with van der Waals surface area (Å²) in [5, 5.41) is 8.15. The average Bonchev–Trinajstić information content (AvgIpc) is 3.06. The zero-order valence-electron chi connectivity index (χ0n) is 12.6. The van der Waals surface area contributed by atoms with Crippen molar-refractivity contribution in [2.45, 2.75) is 44.2 Å². The molecule has 1 heterocycles. The molecule has 1 aliphatic rings. The van der Waals surface area contributed by atoms with Crippen LogP contribution >= 0.6 is 11.3 Å². The Morgan fingerprint density at radius 2 is 2.30 bits per heavy atom. The highest BCUT2D eigenvalue weighted by Crippen LogP contribution is 2.22. The Labute approximate surface area is 125 Å². The van der Waals surface area contributed by atoms with Gasteiger partial charge in [-0.3, -0.25) is 0 Å². The first kappa shape index (κ1) is 15.3. The van der Waals surface area contributed by atoms with Crippen molar-refractivity contribution >= 4 is 17.4 Å². The summed E-state index contributed by atoms with van der Waals surface area (Å²) in [6, 6.07) is 5.06. The van der Waals surface area contributed by atoms with Gasteiger partial charge in [0.25, 0.3) is 0 Å². The molecule has 3 unspecified atom stereocenters. The molecule has 3 atom stereocenters. The second-order valence-electron chi connectivity index (χ2n) is 5.90. The van der Waals surface area contributed by atoms with E-state index in [-0.39, 0.29) is 6.03 Å². The first-order chi connectivity index (χ1) is 9.56. The fourth-order valence-corrected chi connectivity index (χ4v) is 3.50. The van der Waals surface area contributed by atoms with Gasteiger partial charge in [0.2, 0.25) is 0 Å². The summed E-state index contributed by atoms with van der Waals surface area (Å²) >= 11 is 1.74. The number of urea groups is 1. The van der Waals surface area contributed by atoms with Crippen LogP contribution in [-0.4, -0.2) is 43.7 Å². The Morgan fingerprint density at radius 3 is 2.90 bits per heavy atom. The first-order valence-electron chi connectivity index (χ1n) is 7.30. The largest absolute Gasteiger partial charge is 0.338 e. The highest BCUT2D eigenvalue weighted by atomic mass is 32.1. The van der Waals surface area contributed by atoms with Crippen LogP contribution in [0.4, 0.5) is 4.79 Å². The van der Waals surface area contributed by atoms with Crippen molar-refractivity contribution in [2.24, 2.45) is 0 Å². The summed E-state index contributed by atoms with van der Waals surface area (Å²) in [5.41, 5.74) is 0. The van der Waals surface area contributed by atoms with Crippen LogP contribution in [0.2, 0.25) is 0 Å². The molecule has 2 N–H and O–H groups in total. The van der Waals surface area contributed by atoms with Gasteiger partial charge in [0.15, 0.2) is 0 Å². The van der Waals surface area contributed by atoms with Crippen molar-refractivity contribution in [3.63, 3.8) is 0 Å². The van der Waals surface area contributed by atoms with E-state index in [9.17, 15) is 4.79 Å². The van der Waals surface area contributed by atoms with Crippen molar-refractivity contribution in [2.75, 3.05) is 20.6 Å². The van der Waals surface area contributed by atoms with Crippen molar-refractivity contribution in [3.05, 3.63) is 22.4 Å². The molecule has 1 fully saturated rings. The van der Waals surface area contributed by atoms with Gasteiger partial charge in [0, 0.05) is 29.4 Å². The average molecular weight is 295 g/mol. The van der Waals surface area contributed by atoms with E-state index >= 15 is 0 Å². The summed E-state index contributed by atoms with van der Waals surface area (Å²) in [6.07, 6.45) is 3.31. The lowest BCUT2D eigenvalue weighted by Crippen LogP contribution is -2.42. The predicted molar refractivity (Wildman–Crippen MR) is 84.4 cm³/mol. The summed E-state index contributed by atoms with van der Waals surface area (Å²) in [7, 11) is 4.21. The molecular formula is C15H25N3OS. The number of carbonyl (C=O) groups is 1. The molecule has 2 rings (SSSR count). The lowest BCUT2D eigenvalue weighted by atomic mass is 10.1. The van der Waals surface area contributed by atoms with E-state index in [0.29, 0.717) is 24.5 Å². The lowest BCUT2D eigenvalue weighted by Gasteiger charge is -2.19. The third kappa shape index (κ3) is 4.21.